The molecule has 1 aromatic carbocycles. The predicted molar refractivity (Wildman–Crippen MR) is 72.6 cm³/mol. The predicted octanol–water partition coefficient (Wildman–Crippen LogP) is 3.36. The van der Waals surface area contributed by atoms with Gasteiger partial charge in [0.15, 0.2) is 4.34 Å². The second kappa shape index (κ2) is 6.14. The summed E-state index contributed by atoms with van der Waals surface area (Å²) >= 11 is 3.26. The second-order valence-electron chi connectivity index (χ2n) is 3.59. The van der Waals surface area contributed by atoms with E-state index in [0.717, 1.165) is 10.8 Å². The quantitative estimate of drug-likeness (QED) is 0.899. The first kappa shape index (κ1) is 12.5. The molecule has 2 rings (SSSR count). The highest BCUT2D eigenvalue weighted by Crippen LogP contribution is 2.34. The fourth-order valence-electron chi connectivity index (χ4n) is 1.74. The summed E-state index contributed by atoms with van der Waals surface area (Å²) in [4.78, 5) is 1.26. The molecule has 1 atom stereocenters. The van der Waals surface area contributed by atoms with Crippen LogP contribution in [0.15, 0.2) is 39.0 Å². The molecule has 0 saturated heterocycles. The van der Waals surface area contributed by atoms with E-state index in [9.17, 15) is 0 Å². The maximum Gasteiger partial charge on any atom is 0.178 e. The van der Waals surface area contributed by atoms with E-state index in [2.05, 4.69) is 46.7 Å². The van der Waals surface area contributed by atoms with Gasteiger partial charge in [-0.15, -0.1) is 10.2 Å². The van der Waals surface area contributed by atoms with Gasteiger partial charge >= 0.3 is 0 Å². The van der Waals surface area contributed by atoms with Crippen LogP contribution in [0.4, 0.5) is 0 Å². The third-order valence-electron chi connectivity index (χ3n) is 2.59. The number of hydrogen-bond donors (Lipinski definition) is 1. The summed E-state index contributed by atoms with van der Waals surface area (Å²) in [5, 5.41) is 11.3. The normalized spacial score (nSPS) is 12.6. The Balaban J connectivity index is 2.27. The minimum Gasteiger partial charge on any atom is -0.313 e. The van der Waals surface area contributed by atoms with Crippen molar-refractivity contribution in [3.63, 3.8) is 0 Å². The van der Waals surface area contributed by atoms with Crippen LogP contribution in [-0.4, -0.2) is 17.2 Å². The van der Waals surface area contributed by atoms with E-state index in [-0.39, 0.29) is 0 Å². The molecule has 17 heavy (non-hydrogen) atoms. The lowest BCUT2D eigenvalue weighted by molar-refractivity contribution is 0.568. The SMILES string of the molecule is CCC(NC)c1ccccc1Sc1nncs1. The van der Waals surface area contributed by atoms with Gasteiger partial charge in [0.05, 0.1) is 0 Å². The Morgan fingerprint density at radius 3 is 2.88 bits per heavy atom. The van der Waals surface area contributed by atoms with Crippen molar-refractivity contribution in [1.82, 2.24) is 15.5 Å². The van der Waals surface area contributed by atoms with Crippen LogP contribution in [0.1, 0.15) is 24.9 Å². The minimum absolute atomic E-state index is 0.395. The van der Waals surface area contributed by atoms with Gasteiger partial charge in [0.2, 0.25) is 0 Å². The van der Waals surface area contributed by atoms with Gasteiger partial charge in [0.1, 0.15) is 5.51 Å². The molecule has 3 nitrogen and oxygen atoms in total. The zero-order valence-corrected chi connectivity index (χ0v) is 11.5. The number of nitrogens with one attached hydrogen (secondary N) is 1. The molecule has 0 fully saturated rings. The first-order valence-electron chi connectivity index (χ1n) is 5.55. The Kier molecular flexibility index (Phi) is 4.53. The van der Waals surface area contributed by atoms with Gasteiger partial charge in [-0.2, -0.15) is 0 Å². The molecule has 0 radical (unpaired) electrons. The van der Waals surface area contributed by atoms with Crippen molar-refractivity contribution < 1.29 is 0 Å². The Bertz CT molecular complexity index is 453. The summed E-state index contributed by atoms with van der Waals surface area (Å²) in [7, 11) is 2.00. The monoisotopic (exact) mass is 265 g/mol. The zero-order chi connectivity index (χ0) is 12.1. The molecule has 0 amide bonds. The molecule has 0 spiro atoms. The lowest BCUT2D eigenvalue weighted by Crippen LogP contribution is -2.15. The second-order valence-corrected chi connectivity index (χ2v) is 5.72. The van der Waals surface area contributed by atoms with E-state index in [1.54, 1.807) is 28.6 Å². The molecule has 90 valence electrons. The average molecular weight is 265 g/mol. The Hall–Kier alpha value is -0.910. The summed E-state index contributed by atoms with van der Waals surface area (Å²) in [6.45, 7) is 2.19. The molecular weight excluding hydrogens is 250 g/mol. The van der Waals surface area contributed by atoms with Crippen molar-refractivity contribution in [3.8, 4) is 0 Å². The topological polar surface area (TPSA) is 37.8 Å². The van der Waals surface area contributed by atoms with Crippen molar-refractivity contribution >= 4 is 23.1 Å². The first-order valence-corrected chi connectivity index (χ1v) is 7.25. The van der Waals surface area contributed by atoms with Gasteiger partial charge in [-0.25, -0.2) is 0 Å². The Morgan fingerprint density at radius 2 is 2.24 bits per heavy atom. The van der Waals surface area contributed by atoms with E-state index in [1.807, 2.05) is 7.05 Å². The largest absolute Gasteiger partial charge is 0.313 e. The molecule has 1 aromatic heterocycles. The van der Waals surface area contributed by atoms with Crippen LogP contribution in [0.5, 0.6) is 0 Å². The molecule has 0 aliphatic carbocycles. The lowest BCUT2D eigenvalue weighted by atomic mass is 10.1. The number of aromatic nitrogens is 2. The van der Waals surface area contributed by atoms with Crippen LogP contribution < -0.4 is 5.32 Å². The molecule has 2 aromatic rings. The maximum absolute atomic E-state index is 4.07. The zero-order valence-electron chi connectivity index (χ0n) is 9.88. The van der Waals surface area contributed by atoms with Crippen molar-refractivity contribution in [2.75, 3.05) is 7.05 Å². The van der Waals surface area contributed by atoms with E-state index in [1.165, 1.54) is 10.5 Å². The molecule has 1 unspecified atom stereocenters. The summed E-state index contributed by atoms with van der Waals surface area (Å²) < 4.78 is 0.989. The highest BCUT2D eigenvalue weighted by molar-refractivity contribution is 8.01. The van der Waals surface area contributed by atoms with Crippen molar-refractivity contribution in [2.45, 2.75) is 28.6 Å². The lowest BCUT2D eigenvalue weighted by Gasteiger charge is -2.17. The number of hydrogen-bond acceptors (Lipinski definition) is 5. The van der Waals surface area contributed by atoms with Crippen molar-refractivity contribution in [2.24, 2.45) is 0 Å². The van der Waals surface area contributed by atoms with E-state index in [4.69, 9.17) is 0 Å². The molecule has 5 heteroatoms. The highest BCUT2D eigenvalue weighted by Gasteiger charge is 2.12. The summed E-state index contributed by atoms with van der Waals surface area (Å²) in [6, 6.07) is 8.86. The van der Waals surface area contributed by atoms with Crippen LogP contribution in [-0.2, 0) is 0 Å². The Morgan fingerprint density at radius 1 is 1.41 bits per heavy atom. The summed E-state index contributed by atoms with van der Waals surface area (Å²) in [5.74, 6) is 0. The van der Waals surface area contributed by atoms with E-state index >= 15 is 0 Å². The van der Waals surface area contributed by atoms with Crippen LogP contribution >= 0.6 is 23.1 Å². The van der Waals surface area contributed by atoms with Gasteiger partial charge in [0.25, 0.3) is 0 Å². The maximum atomic E-state index is 4.07. The van der Waals surface area contributed by atoms with Crippen LogP contribution in [0.2, 0.25) is 0 Å². The number of nitrogens with zero attached hydrogens (tertiary/aromatic N) is 2. The van der Waals surface area contributed by atoms with Gasteiger partial charge in [0, 0.05) is 10.9 Å². The highest BCUT2D eigenvalue weighted by atomic mass is 32.2. The smallest absolute Gasteiger partial charge is 0.178 e. The van der Waals surface area contributed by atoms with Crippen LogP contribution in [0, 0.1) is 0 Å². The van der Waals surface area contributed by atoms with Crippen molar-refractivity contribution in [3.05, 3.63) is 35.3 Å². The molecule has 1 heterocycles. The fourth-order valence-corrected chi connectivity index (χ4v) is 3.36. The molecule has 0 aliphatic heterocycles. The van der Waals surface area contributed by atoms with Crippen molar-refractivity contribution in [1.29, 1.82) is 0 Å². The third kappa shape index (κ3) is 3.06. The summed E-state index contributed by atoms with van der Waals surface area (Å²) in [6.07, 6.45) is 1.07. The van der Waals surface area contributed by atoms with Gasteiger partial charge < -0.3 is 5.32 Å². The van der Waals surface area contributed by atoms with Gasteiger partial charge in [-0.1, -0.05) is 48.2 Å². The molecular formula is C12H15N3S2. The molecule has 1 N–H and O–H groups in total. The Labute approximate surface area is 110 Å². The summed E-state index contributed by atoms with van der Waals surface area (Å²) in [5.41, 5.74) is 3.10. The van der Waals surface area contributed by atoms with Crippen LogP contribution in [0.3, 0.4) is 0 Å². The molecule has 0 bridgehead atoms. The minimum atomic E-state index is 0.395. The number of benzene rings is 1. The van der Waals surface area contributed by atoms with Crippen LogP contribution in [0.25, 0.3) is 0 Å². The van der Waals surface area contributed by atoms with E-state index < -0.39 is 0 Å². The van der Waals surface area contributed by atoms with Gasteiger partial charge in [-0.05, 0) is 25.1 Å². The van der Waals surface area contributed by atoms with Gasteiger partial charge in [-0.3, -0.25) is 0 Å². The molecule has 0 saturated carbocycles. The number of rotatable bonds is 5. The third-order valence-corrected chi connectivity index (χ3v) is 4.46. The fraction of sp³-hybridized carbons (Fsp3) is 0.333. The standard InChI is InChI=1S/C12H15N3S2/c1-3-10(13-2)9-6-4-5-7-11(9)17-12-15-14-8-16-12/h4-8,10,13H,3H2,1-2H3. The molecule has 0 aliphatic rings. The first-order chi connectivity index (χ1) is 8.35. The van der Waals surface area contributed by atoms with E-state index in [0.29, 0.717) is 6.04 Å². The average Bonchev–Trinajstić information content (AvgIpc) is 2.86.